The predicted octanol–water partition coefficient (Wildman–Crippen LogP) is 5.37. The zero-order chi connectivity index (χ0) is 24.2. The number of carbonyl (C=O) groups excluding carboxylic acids is 1. The molecule has 1 N–H and O–H groups in total. The van der Waals surface area contributed by atoms with Gasteiger partial charge < -0.3 is 5.32 Å². The zero-order valence-corrected chi connectivity index (χ0v) is 16.9. The summed E-state index contributed by atoms with van der Waals surface area (Å²) in [7, 11) is 0. The highest BCUT2D eigenvalue weighted by molar-refractivity contribution is 5.90. The number of rotatable bonds is 6. The van der Waals surface area contributed by atoms with E-state index in [1.54, 1.807) is 30.3 Å². The van der Waals surface area contributed by atoms with Gasteiger partial charge in [-0.15, -0.1) is 0 Å². The standard InChI is InChI=1S/C22H17F6N3O2/c23-21(24,25)15-11-16(22(26,27)28)13-17(12-15)29-19(32)7-4-10-31-20(33)9-8-18(30-31)14-5-2-1-3-6-14/h1-3,5-6,8-9,11-13H,4,7,10H2,(H,29,32). The lowest BCUT2D eigenvalue weighted by Gasteiger charge is -2.15. The van der Waals surface area contributed by atoms with Crippen molar-refractivity contribution in [2.45, 2.75) is 31.7 Å². The molecule has 0 fully saturated rings. The van der Waals surface area contributed by atoms with Gasteiger partial charge in [0.15, 0.2) is 0 Å². The van der Waals surface area contributed by atoms with Crippen molar-refractivity contribution in [3.8, 4) is 11.3 Å². The van der Waals surface area contributed by atoms with Crippen molar-refractivity contribution in [2.24, 2.45) is 0 Å². The monoisotopic (exact) mass is 469 g/mol. The van der Waals surface area contributed by atoms with Crippen molar-refractivity contribution in [3.05, 3.63) is 82.1 Å². The van der Waals surface area contributed by atoms with Crippen molar-refractivity contribution in [1.29, 1.82) is 0 Å². The first-order valence-electron chi connectivity index (χ1n) is 9.66. The van der Waals surface area contributed by atoms with Gasteiger partial charge in [-0.25, -0.2) is 4.68 Å². The third-order valence-electron chi connectivity index (χ3n) is 4.58. The van der Waals surface area contributed by atoms with Gasteiger partial charge >= 0.3 is 12.4 Å². The molecular weight excluding hydrogens is 452 g/mol. The van der Waals surface area contributed by atoms with E-state index in [-0.39, 0.29) is 25.5 Å². The lowest BCUT2D eigenvalue weighted by Crippen LogP contribution is -2.23. The summed E-state index contributed by atoms with van der Waals surface area (Å²) in [5.41, 5.74) is -2.79. The van der Waals surface area contributed by atoms with Crippen molar-refractivity contribution in [1.82, 2.24) is 9.78 Å². The molecule has 0 spiro atoms. The fourth-order valence-corrected chi connectivity index (χ4v) is 3.01. The Bertz CT molecular complexity index is 1150. The van der Waals surface area contributed by atoms with E-state index in [1.165, 1.54) is 6.07 Å². The summed E-state index contributed by atoms with van der Waals surface area (Å²) in [5.74, 6) is -0.797. The fraction of sp³-hybridized carbons (Fsp3) is 0.227. The molecule has 0 bridgehead atoms. The Labute approximate surface area is 183 Å². The van der Waals surface area contributed by atoms with Crippen LogP contribution in [0.15, 0.2) is 65.5 Å². The van der Waals surface area contributed by atoms with Gasteiger partial charge in [-0.3, -0.25) is 9.59 Å². The quantitative estimate of drug-likeness (QED) is 0.494. The molecule has 33 heavy (non-hydrogen) atoms. The Kier molecular flexibility index (Phi) is 6.89. The summed E-state index contributed by atoms with van der Waals surface area (Å²) in [6.07, 6.45) is -10.2. The van der Waals surface area contributed by atoms with E-state index in [1.807, 2.05) is 6.07 Å². The molecule has 0 saturated carbocycles. The number of amides is 1. The number of hydrogen-bond donors (Lipinski definition) is 1. The molecule has 5 nitrogen and oxygen atoms in total. The Morgan fingerprint density at radius 1 is 0.879 bits per heavy atom. The minimum Gasteiger partial charge on any atom is -0.326 e. The Morgan fingerprint density at radius 3 is 2.06 bits per heavy atom. The highest BCUT2D eigenvalue weighted by Crippen LogP contribution is 2.37. The van der Waals surface area contributed by atoms with Crippen LogP contribution in [0.25, 0.3) is 11.3 Å². The SMILES string of the molecule is O=C(CCCn1nc(-c2ccccc2)ccc1=O)Nc1cc(C(F)(F)F)cc(C(F)(F)F)c1. The van der Waals surface area contributed by atoms with Crippen LogP contribution >= 0.6 is 0 Å². The minimum atomic E-state index is -5.02. The fourth-order valence-electron chi connectivity index (χ4n) is 3.01. The highest BCUT2D eigenvalue weighted by Gasteiger charge is 2.37. The molecule has 1 aromatic heterocycles. The van der Waals surface area contributed by atoms with E-state index in [9.17, 15) is 35.9 Å². The van der Waals surface area contributed by atoms with Gasteiger partial charge in [0, 0.05) is 30.3 Å². The van der Waals surface area contributed by atoms with Gasteiger partial charge in [-0.2, -0.15) is 31.4 Å². The molecule has 11 heteroatoms. The van der Waals surface area contributed by atoms with Crippen LogP contribution in [0.1, 0.15) is 24.0 Å². The molecule has 2 aromatic carbocycles. The summed E-state index contributed by atoms with van der Waals surface area (Å²) < 4.78 is 78.8. The van der Waals surface area contributed by atoms with Crippen LogP contribution in [0.3, 0.4) is 0 Å². The topological polar surface area (TPSA) is 64.0 Å². The minimum absolute atomic E-state index is 0.0204. The van der Waals surface area contributed by atoms with Gasteiger partial charge in [-0.1, -0.05) is 30.3 Å². The van der Waals surface area contributed by atoms with Crippen LogP contribution < -0.4 is 10.9 Å². The number of anilines is 1. The molecule has 1 heterocycles. The third-order valence-corrected chi connectivity index (χ3v) is 4.58. The highest BCUT2D eigenvalue weighted by atomic mass is 19.4. The average Bonchev–Trinajstić information content (AvgIpc) is 2.74. The molecular formula is C22H17F6N3O2. The second-order valence-electron chi connectivity index (χ2n) is 7.09. The van der Waals surface area contributed by atoms with Crippen LogP contribution in [-0.2, 0) is 23.7 Å². The summed E-state index contributed by atoms with van der Waals surface area (Å²) in [6, 6.07) is 12.7. The van der Waals surface area contributed by atoms with E-state index >= 15 is 0 Å². The molecule has 0 saturated heterocycles. The maximum atomic E-state index is 12.9. The second kappa shape index (κ2) is 9.47. The van der Waals surface area contributed by atoms with Crippen LogP contribution in [0.5, 0.6) is 0 Å². The van der Waals surface area contributed by atoms with E-state index in [0.717, 1.165) is 10.2 Å². The van der Waals surface area contributed by atoms with Crippen LogP contribution in [0.4, 0.5) is 32.0 Å². The van der Waals surface area contributed by atoms with Crippen molar-refractivity contribution in [3.63, 3.8) is 0 Å². The number of benzene rings is 2. The maximum absolute atomic E-state index is 12.9. The molecule has 0 unspecified atom stereocenters. The van der Waals surface area contributed by atoms with Gasteiger partial charge in [-0.05, 0) is 30.7 Å². The van der Waals surface area contributed by atoms with E-state index in [2.05, 4.69) is 10.4 Å². The summed E-state index contributed by atoms with van der Waals surface area (Å²) in [4.78, 5) is 24.1. The van der Waals surface area contributed by atoms with E-state index < -0.39 is 40.6 Å². The molecule has 0 aliphatic heterocycles. The molecule has 174 valence electrons. The lowest BCUT2D eigenvalue weighted by atomic mass is 10.1. The van der Waals surface area contributed by atoms with Gasteiger partial charge in [0.05, 0.1) is 16.8 Å². The number of aryl methyl sites for hydroxylation is 1. The van der Waals surface area contributed by atoms with E-state index in [4.69, 9.17) is 0 Å². The first-order chi connectivity index (χ1) is 15.4. The Balaban J connectivity index is 1.67. The Hall–Kier alpha value is -3.63. The first-order valence-corrected chi connectivity index (χ1v) is 9.66. The smallest absolute Gasteiger partial charge is 0.326 e. The first kappa shape index (κ1) is 24.0. The normalized spacial score (nSPS) is 11.9. The molecule has 0 atom stereocenters. The predicted molar refractivity (Wildman–Crippen MR) is 108 cm³/mol. The maximum Gasteiger partial charge on any atom is 0.416 e. The number of nitrogens with zero attached hydrogens (tertiary/aromatic N) is 2. The van der Waals surface area contributed by atoms with Crippen LogP contribution in [-0.4, -0.2) is 15.7 Å². The number of carbonyl (C=O) groups is 1. The van der Waals surface area contributed by atoms with Crippen LogP contribution in [0, 0.1) is 0 Å². The Morgan fingerprint density at radius 2 is 1.48 bits per heavy atom. The molecule has 1 amide bonds. The molecule has 0 aliphatic rings. The van der Waals surface area contributed by atoms with Gasteiger partial charge in [0.25, 0.3) is 5.56 Å². The average molecular weight is 469 g/mol. The summed E-state index contributed by atoms with van der Waals surface area (Å²) in [6.45, 7) is 0.0311. The number of nitrogens with one attached hydrogen (secondary N) is 1. The number of aromatic nitrogens is 2. The van der Waals surface area contributed by atoms with E-state index in [0.29, 0.717) is 17.8 Å². The molecule has 0 aliphatic carbocycles. The van der Waals surface area contributed by atoms with Crippen LogP contribution in [0.2, 0.25) is 0 Å². The van der Waals surface area contributed by atoms with Crippen molar-refractivity contribution in [2.75, 3.05) is 5.32 Å². The third kappa shape index (κ3) is 6.43. The lowest BCUT2D eigenvalue weighted by molar-refractivity contribution is -0.143. The molecule has 3 aromatic rings. The molecule has 3 rings (SSSR count). The number of alkyl halides is 6. The molecule has 0 radical (unpaired) electrons. The van der Waals surface area contributed by atoms with Gasteiger partial charge in [0.2, 0.25) is 5.91 Å². The van der Waals surface area contributed by atoms with Crippen molar-refractivity contribution < 1.29 is 31.1 Å². The zero-order valence-electron chi connectivity index (χ0n) is 16.9. The van der Waals surface area contributed by atoms with Gasteiger partial charge in [0.1, 0.15) is 0 Å². The summed E-state index contributed by atoms with van der Waals surface area (Å²) in [5, 5.41) is 6.28. The number of hydrogen-bond acceptors (Lipinski definition) is 3. The number of halogens is 6. The van der Waals surface area contributed by atoms with Crippen molar-refractivity contribution >= 4 is 11.6 Å². The summed E-state index contributed by atoms with van der Waals surface area (Å²) >= 11 is 0. The second-order valence-corrected chi connectivity index (χ2v) is 7.09. The largest absolute Gasteiger partial charge is 0.416 e.